The molecule has 1 rings (SSSR count). The Kier molecular flexibility index (Phi) is 4.40. The second kappa shape index (κ2) is 5.38. The van der Waals surface area contributed by atoms with E-state index in [1.54, 1.807) is 0 Å². The van der Waals surface area contributed by atoms with Crippen LogP contribution in [0.1, 0.15) is 5.56 Å². The lowest BCUT2D eigenvalue weighted by Gasteiger charge is -2.09. The molecule has 0 amide bonds. The van der Waals surface area contributed by atoms with Crippen molar-refractivity contribution in [3.63, 3.8) is 0 Å². The number of benzene rings is 1. The van der Waals surface area contributed by atoms with Crippen molar-refractivity contribution in [2.75, 3.05) is 6.61 Å². The van der Waals surface area contributed by atoms with Crippen molar-refractivity contribution in [3.05, 3.63) is 28.8 Å². The standard InChI is InChI=1S/C9H9ClF3NO2/c10-7-1-2-8(15)6(3-7)4-14-16-5-9(11,12)13/h1-3,14-15H,4-5H2. The molecule has 3 nitrogen and oxygen atoms in total. The van der Waals surface area contributed by atoms with Crippen LogP contribution in [0.5, 0.6) is 5.75 Å². The highest BCUT2D eigenvalue weighted by Gasteiger charge is 2.27. The third-order valence-electron chi connectivity index (χ3n) is 1.64. The van der Waals surface area contributed by atoms with Crippen LogP contribution in [0.3, 0.4) is 0 Å². The molecule has 0 radical (unpaired) electrons. The van der Waals surface area contributed by atoms with Crippen LogP contribution in [-0.4, -0.2) is 17.9 Å². The first-order chi connectivity index (χ1) is 7.38. The van der Waals surface area contributed by atoms with Crippen LogP contribution in [-0.2, 0) is 11.4 Å². The van der Waals surface area contributed by atoms with Crippen LogP contribution in [0.25, 0.3) is 0 Å². The Hall–Kier alpha value is -0.980. The first-order valence-corrected chi connectivity index (χ1v) is 4.65. The van der Waals surface area contributed by atoms with E-state index in [4.69, 9.17) is 11.6 Å². The van der Waals surface area contributed by atoms with E-state index in [0.29, 0.717) is 10.6 Å². The Morgan fingerprint density at radius 2 is 2.06 bits per heavy atom. The van der Waals surface area contributed by atoms with Crippen molar-refractivity contribution in [1.82, 2.24) is 5.48 Å². The minimum absolute atomic E-state index is 0.0625. The molecule has 0 aliphatic carbocycles. The number of aromatic hydroxyl groups is 1. The highest BCUT2D eigenvalue weighted by Crippen LogP contribution is 2.21. The number of phenolic OH excluding ortho intramolecular Hbond substituents is 1. The molecule has 0 spiro atoms. The first kappa shape index (κ1) is 13.1. The number of halogens is 4. The second-order valence-electron chi connectivity index (χ2n) is 3.00. The Bertz CT molecular complexity index is 357. The van der Waals surface area contributed by atoms with Gasteiger partial charge in [0.2, 0.25) is 0 Å². The third-order valence-corrected chi connectivity index (χ3v) is 1.88. The quantitative estimate of drug-likeness (QED) is 0.642. The number of phenols is 1. The van der Waals surface area contributed by atoms with Crippen LogP contribution in [0, 0.1) is 0 Å². The van der Waals surface area contributed by atoms with Gasteiger partial charge in [-0.05, 0) is 18.2 Å². The van der Waals surface area contributed by atoms with Gasteiger partial charge in [0.25, 0.3) is 0 Å². The highest BCUT2D eigenvalue weighted by atomic mass is 35.5. The van der Waals surface area contributed by atoms with Crippen molar-refractivity contribution in [1.29, 1.82) is 0 Å². The molecule has 7 heteroatoms. The summed E-state index contributed by atoms with van der Waals surface area (Å²) in [6.07, 6.45) is -4.39. The molecule has 0 saturated heterocycles. The van der Waals surface area contributed by atoms with Gasteiger partial charge in [0, 0.05) is 17.1 Å². The number of hydrogen-bond acceptors (Lipinski definition) is 3. The summed E-state index contributed by atoms with van der Waals surface area (Å²) in [6, 6.07) is 4.25. The van der Waals surface area contributed by atoms with E-state index in [0.717, 1.165) is 0 Å². The topological polar surface area (TPSA) is 41.5 Å². The van der Waals surface area contributed by atoms with Gasteiger partial charge in [0.05, 0.1) is 0 Å². The third kappa shape index (κ3) is 4.69. The van der Waals surface area contributed by atoms with Crippen LogP contribution in [0.4, 0.5) is 13.2 Å². The van der Waals surface area contributed by atoms with Crippen molar-refractivity contribution >= 4 is 11.6 Å². The van der Waals surface area contributed by atoms with Gasteiger partial charge in [-0.25, -0.2) is 0 Å². The van der Waals surface area contributed by atoms with Gasteiger partial charge in [-0.1, -0.05) is 11.6 Å². The van der Waals surface area contributed by atoms with Gasteiger partial charge in [0.1, 0.15) is 5.75 Å². The van der Waals surface area contributed by atoms with E-state index >= 15 is 0 Å². The summed E-state index contributed by atoms with van der Waals surface area (Å²) in [5, 5.41) is 9.70. The minimum atomic E-state index is -4.39. The Labute approximate surface area is 94.7 Å². The Morgan fingerprint density at radius 1 is 1.38 bits per heavy atom. The molecule has 0 unspecified atom stereocenters. The number of nitrogens with one attached hydrogen (secondary N) is 1. The van der Waals surface area contributed by atoms with Gasteiger partial charge >= 0.3 is 6.18 Å². The molecule has 0 atom stereocenters. The summed E-state index contributed by atoms with van der Waals surface area (Å²) >= 11 is 5.64. The van der Waals surface area contributed by atoms with Crippen molar-refractivity contribution in [2.45, 2.75) is 12.7 Å². The Balaban J connectivity index is 2.40. The molecule has 0 heterocycles. The second-order valence-corrected chi connectivity index (χ2v) is 3.43. The van der Waals surface area contributed by atoms with Gasteiger partial charge in [0.15, 0.2) is 6.61 Å². The van der Waals surface area contributed by atoms with E-state index in [9.17, 15) is 18.3 Å². The molecular formula is C9H9ClF3NO2. The monoisotopic (exact) mass is 255 g/mol. The summed E-state index contributed by atoms with van der Waals surface area (Å²) in [5.41, 5.74) is 2.44. The summed E-state index contributed by atoms with van der Waals surface area (Å²) in [7, 11) is 0. The SMILES string of the molecule is Oc1ccc(Cl)cc1CNOCC(F)(F)F. The van der Waals surface area contributed by atoms with E-state index in [-0.39, 0.29) is 12.3 Å². The maximum absolute atomic E-state index is 11.7. The van der Waals surface area contributed by atoms with E-state index in [1.807, 2.05) is 0 Å². The maximum Gasteiger partial charge on any atom is 0.413 e. The fraction of sp³-hybridized carbons (Fsp3) is 0.333. The van der Waals surface area contributed by atoms with Gasteiger partial charge in [-0.2, -0.15) is 18.7 Å². The lowest BCUT2D eigenvalue weighted by atomic mass is 10.2. The lowest BCUT2D eigenvalue weighted by molar-refractivity contribution is -0.190. The largest absolute Gasteiger partial charge is 0.508 e. The van der Waals surface area contributed by atoms with Crippen LogP contribution in [0.2, 0.25) is 5.02 Å². The zero-order chi connectivity index (χ0) is 12.2. The number of hydroxylamine groups is 1. The van der Waals surface area contributed by atoms with E-state index < -0.39 is 12.8 Å². The predicted octanol–water partition coefficient (Wildman–Crippen LogP) is 2.63. The molecular weight excluding hydrogens is 247 g/mol. The molecule has 90 valence electrons. The zero-order valence-electron chi connectivity index (χ0n) is 8.01. The molecule has 16 heavy (non-hydrogen) atoms. The molecule has 0 bridgehead atoms. The van der Waals surface area contributed by atoms with Gasteiger partial charge in [-0.15, -0.1) is 0 Å². The van der Waals surface area contributed by atoms with Crippen LogP contribution >= 0.6 is 11.6 Å². The number of hydrogen-bond donors (Lipinski definition) is 2. The fourth-order valence-electron chi connectivity index (χ4n) is 0.957. The summed E-state index contributed by atoms with van der Waals surface area (Å²) in [6.45, 7) is -1.46. The summed E-state index contributed by atoms with van der Waals surface area (Å²) in [5.74, 6) is -0.0625. The maximum atomic E-state index is 11.7. The molecule has 0 aromatic heterocycles. The van der Waals surface area contributed by atoms with Crippen molar-refractivity contribution in [3.8, 4) is 5.75 Å². The number of alkyl halides is 3. The summed E-state index contributed by atoms with van der Waals surface area (Å²) in [4.78, 5) is 4.17. The molecule has 1 aromatic carbocycles. The number of rotatable bonds is 4. The molecule has 0 saturated carbocycles. The van der Waals surface area contributed by atoms with E-state index in [1.165, 1.54) is 18.2 Å². The normalized spacial score (nSPS) is 11.8. The molecule has 1 aromatic rings. The lowest BCUT2D eigenvalue weighted by Crippen LogP contribution is -2.24. The van der Waals surface area contributed by atoms with Crippen LogP contribution in [0.15, 0.2) is 18.2 Å². The van der Waals surface area contributed by atoms with Gasteiger partial charge < -0.3 is 5.11 Å². The molecule has 0 fully saturated rings. The Morgan fingerprint density at radius 3 is 2.69 bits per heavy atom. The van der Waals surface area contributed by atoms with Crippen molar-refractivity contribution in [2.24, 2.45) is 0 Å². The molecule has 0 aliphatic rings. The van der Waals surface area contributed by atoms with Gasteiger partial charge in [-0.3, -0.25) is 4.84 Å². The van der Waals surface area contributed by atoms with E-state index in [2.05, 4.69) is 10.3 Å². The fourth-order valence-corrected chi connectivity index (χ4v) is 1.15. The molecule has 2 N–H and O–H groups in total. The van der Waals surface area contributed by atoms with Crippen LogP contribution < -0.4 is 5.48 Å². The molecule has 0 aliphatic heterocycles. The predicted molar refractivity (Wildman–Crippen MR) is 52.0 cm³/mol. The minimum Gasteiger partial charge on any atom is -0.508 e. The van der Waals surface area contributed by atoms with Crippen molar-refractivity contribution < 1.29 is 23.1 Å². The first-order valence-electron chi connectivity index (χ1n) is 4.27. The summed E-state index contributed by atoms with van der Waals surface area (Å²) < 4.78 is 35.1. The average molecular weight is 256 g/mol. The smallest absolute Gasteiger partial charge is 0.413 e. The zero-order valence-corrected chi connectivity index (χ0v) is 8.77. The average Bonchev–Trinajstić information content (AvgIpc) is 2.16. The highest BCUT2D eigenvalue weighted by molar-refractivity contribution is 6.30.